The van der Waals surface area contributed by atoms with Crippen LogP contribution in [0.1, 0.15) is 16.3 Å². The SMILES string of the molecule is COCCN(CCOC)C(=O)/C=C/c1ccccc1OCc1csc(C)n1. The molecule has 0 radical (unpaired) electrons. The van der Waals surface area contributed by atoms with Crippen molar-refractivity contribution in [2.24, 2.45) is 0 Å². The highest BCUT2D eigenvalue weighted by Gasteiger charge is 2.10. The number of amides is 1. The smallest absolute Gasteiger partial charge is 0.246 e. The molecule has 0 N–H and O–H groups in total. The fourth-order valence-corrected chi connectivity index (χ4v) is 2.97. The van der Waals surface area contributed by atoms with E-state index in [1.54, 1.807) is 42.6 Å². The van der Waals surface area contributed by atoms with Gasteiger partial charge < -0.3 is 19.1 Å². The van der Waals surface area contributed by atoms with Crippen LogP contribution in [0.25, 0.3) is 6.08 Å². The number of rotatable bonds is 11. The summed E-state index contributed by atoms with van der Waals surface area (Å²) < 4.78 is 16.0. The lowest BCUT2D eigenvalue weighted by Gasteiger charge is -2.20. The van der Waals surface area contributed by atoms with Crippen molar-refractivity contribution in [3.05, 3.63) is 52.0 Å². The molecular weight excluding hydrogens is 364 g/mol. The Bertz CT molecular complexity index is 737. The summed E-state index contributed by atoms with van der Waals surface area (Å²) in [5.41, 5.74) is 1.74. The van der Waals surface area contributed by atoms with Crippen molar-refractivity contribution in [3.63, 3.8) is 0 Å². The van der Waals surface area contributed by atoms with E-state index >= 15 is 0 Å². The van der Waals surface area contributed by atoms with Gasteiger partial charge in [-0.05, 0) is 19.1 Å². The van der Waals surface area contributed by atoms with Gasteiger partial charge >= 0.3 is 0 Å². The highest BCUT2D eigenvalue weighted by Crippen LogP contribution is 2.21. The van der Waals surface area contributed by atoms with Gasteiger partial charge in [-0.3, -0.25) is 4.79 Å². The van der Waals surface area contributed by atoms with E-state index in [0.717, 1.165) is 16.3 Å². The van der Waals surface area contributed by atoms with E-state index in [9.17, 15) is 4.79 Å². The van der Waals surface area contributed by atoms with Gasteiger partial charge in [0, 0.05) is 44.3 Å². The molecule has 27 heavy (non-hydrogen) atoms. The summed E-state index contributed by atoms with van der Waals surface area (Å²) in [7, 11) is 3.23. The zero-order valence-corrected chi connectivity index (χ0v) is 16.8. The number of carbonyl (C=O) groups excluding carboxylic acids is 1. The lowest BCUT2D eigenvalue weighted by molar-refractivity contribution is -0.127. The molecule has 0 atom stereocenters. The summed E-state index contributed by atoms with van der Waals surface area (Å²) in [4.78, 5) is 18.6. The standard InChI is InChI=1S/C20H26N2O4S/c1-16-21-18(15-27-16)14-26-19-7-5-4-6-17(19)8-9-20(23)22(10-12-24-2)11-13-25-3/h4-9,15H,10-14H2,1-3H3/b9-8+. The maximum atomic E-state index is 12.5. The van der Waals surface area contributed by atoms with Gasteiger partial charge in [-0.1, -0.05) is 18.2 Å². The maximum Gasteiger partial charge on any atom is 0.246 e. The third-order valence-corrected chi connectivity index (χ3v) is 4.63. The molecule has 146 valence electrons. The molecule has 1 aromatic carbocycles. The van der Waals surface area contributed by atoms with E-state index in [4.69, 9.17) is 14.2 Å². The Hall–Kier alpha value is -2.22. The normalized spacial score (nSPS) is 11.1. The molecule has 6 nitrogen and oxygen atoms in total. The summed E-state index contributed by atoms with van der Waals surface area (Å²) in [6.07, 6.45) is 3.33. The first kappa shape index (κ1) is 21.1. The van der Waals surface area contributed by atoms with Crippen molar-refractivity contribution in [3.8, 4) is 5.75 Å². The van der Waals surface area contributed by atoms with Gasteiger partial charge in [-0.2, -0.15) is 0 Å². The van der Waals surface area contributed by atoms with Gasteiger partial charge in [0.05, 0.1) is 23.9 Å². The number of carbonyl (C=O) groups is 1. The van der Waals surface area contributed by atoms with E-state index < -0.39 is 0 Å². The second-order valence-corrected chi connectivity index (χ2v) is 6.89. The number of hydrogen-bond donors (Lipinski definition) is 0. The highest BCUT2D eigenvalue weighted by atomic mass is 32.1. The number of ether oxygens (including phenoxy) is 3. The van der Waals surface area contributed by atoms with Crippen LogP contribution in [0.5, 0.6) is 5.75 Å². The van der Waals surface area contributed by atoms with Gasteiger partial charge in [-0.25, -0.2) is 4.98 Å². The lowest BCUT2D eigenvalue weighted by Crippen LogP contribution is -2.35. The van der Waals surface area contributed by atoms with Crippen LogP contribution in [0.2, 0.25) is 0 Å². The molecule has 1 heterocycles. The van der Waals surface area contributed by atoms with Crippen LogP contribution in [-0.4, -0.2) is 56.3 Å². The minimum absolute atomic E-state index is 0.0889. The highest BCUT2D eigenvalue weighted by molar-refractivity contribution is 7.09. The third-order valence-electron chi connectivity index (χ3n) is 3.81. The number of aryl methyl sites for hydroxylation is 1. The summed E-state index contributed by atoms with van der Waals surface area (Å²) >= 11 is 1.60. The number of benzene rings is 1. The molecule has 2 aromatic rings. The minimum Gasteiger partial charge on any atom is -0.487 e. The van der Waals surface area contributed by atoms with Crippen LogP contribution >= 0.6 is 11.3 Å². The van der Waals surface area contributed by atoms with Gasteiger partial charge in [-0.15, -0.1) is 11.3 Å². The maximum absolute atomic E-state index is 12.5. The fraction of sp³-hybridized carbons (Fsp3) is 0.400. The number of nitrogens with zero attached hydrogens (tertiary/aromatic N) is 2. The average Bonchev–Trinajstić information content (AvgIpc) is 3.10. The molecule has 0 aliphatic rings. The number of aromatic nitrogens is 1. The zero-order chi connectivity index (χ0) is 19.5. The second-order valence-electron chi connectivity index (χ2n) is 5.83. The van der Waals surface area contributed by atoms with Crippen LogP contribution < -0.4 is 4.74 Å². The van der Waals surface area contributed by atoms with Gasteiger partial charge in [0.15, 0.2) is 0 Å². The molecule has 0 aliphatic carbocycles. The van der Waals surface area contributed by atoms with Crippen molar-refractivity contribution in [1.82, 2.24) is 9.88 Å². The Morgan fingerprint density at radius 2 is 1.89 bits per heavy atom. The van der Waals surface area contributed by atoms with Gasteiger partial charge in [0.2, 0.25) is 5.91 Å². The van der Waals surface area contributed by atoms with Crippen LogP contribution in [-0.2, 0) is 20.9 Å². The van der Waals surface area contributed by atoms with Crippen LogP contribution in [0.15, 0.2) is 35.7 Å². The molecule has 0 spiro atoms. The van der Waals surface area contributed by atoms with E-state index in [2.05, 4.69) is 4.98 Å². The van der Waals surface area contributed by atoms with Crippen LogP contribution in [0.3, 0.4) is 0 Å². The summed E-state index contributed by atoms with van der Waals surface area (Å²) in [5, 5.41) is 3.00. The van der Waals surface area contributed by atoms with Crippen molar-refractivity contribution in [2.75, 3.05) is 40.5 Å². The van der Waals surface area contributed by atoms with E-state index in [1.807, 2.05) is 36.6 Å². The van der Waals surface area contributed by atoms with E-state index in [-0.39, 0.29) is 5.91 Å². The molecule has 1 aromatic heterocycles. The minimum atomic E-state index is -0.0889. The Morgan fingerprint density at radius 1 is 1.19 bits per heavy atom. The molecule has 0 bridgehead atoms. The second kappa shape index (κ2) is 11.5. The van der Waals surface area contributed by atoms with Crippen molar-refractivity contribution >= 4 is 23.3 Å². The predicted octanol–water partition coefficient (Wildman–Crippen LogP) is 3.17. The zero-order valence-electron chi connectivity index (χ0n) is 16.0. The largest absolute Gasteiger partial charge is 0.487 e. The molecule has 0 saturated heterocycles. The molecular formula is C20H26N2O4S. The van der Waals surface area contributed by atoms with Gasteiger partial charge in [0.25, 0.3) is 0 Å². The molecule has 7 heteroatoms. The monoisotopic (exact) mass is 390 g/mol. The third kappa shape index (κ3) is 7.13. The molecule has 2 rings (SSSR count). The first-order chi connectivity index (χ1) is 13.1. The molecule has 0 aliphatic heterocycles. The molecule has 1 amide bonds. The molecule has 0 unspecified atom stereocenters. The summed E-state index contributed by atoms with van der Waals surface area (Å²) in [5.74, 6) is 0.626. The number of methoxy groups -OCH3 is 2. The molecule has 0 fully saturated rings. The summed E-state index contributed by atoms with van der Waals surface area (Å²) in [6, 6.07) is 7.62. The van der Waals surface area contributed by atoms with Crippen molar-refractivity contribution < 1.29 is 19.0 Å². The Kier molecular flexibility index (Phi) is 8.97. The first-order valence-corrected chi connectivity index (χ1v) is 9.59. The summed E-state index contributed by atoms with van der Waals surface area (Å²) in [6.45, 7) is 4.37. The first-order valence-electron chi connectivity index (χ1n) is 8.71. The van der Waals surface area contributed by atoms with E-state index in [1.165, 1.54) is 0 Å². The predicted molar refractivity (Wildman–Crippen MR) is 107 cm³/mol. The number of hydrogen-bond acceptors (Lipinski definition) is 6. The van der Waals surface area contributed by atoms with Crippen LogP contribution in [0, 0.1) is 6.92 Å². The Morgan fingerprint density at radius 3 is 2.52 bits per heavy atom. The quantitative estimate of drug-likeness (QED) is 0.552. The fourth-order valence-electron chi connectivity index (χ4n) is 2.38. The molecule has 0 saturated carbocycles. The number of para-hydroxylation sites is 1. The van der Waals surface area contributed by atoms with Gasteiger partial charge in [0.1, 0.15) is 12.4 Å². The average molecular weight is 391 g/mol. The van der Waals surface area contributed by atoms with Crippen molar-refractivity contribution in [1.29, 1.82) is 0 Å². The lowest BCUT2D eigenvalue weighted by atomic mass is 10.2. The van der Waals surface area contributed by atoms with E-state index in [0.29, 0.717) is 38.7 Å². The topological polar surface area (TPSA) is 60.9 Å². The number of thiazole rings is 1. The Balaban J connectivity index is 2.02. The van der Waals surface area contributed by atoms with Crippen molar-refractivity contribution in [2.45, 2.75) is 13.5 Å². The van der Waals surface area contributed by atoms with Crippen LogP contribution in [0.4, 0.5) is 0 Å². The Labute approximate surface area is 164 Å².